The average molecular weight is 223 g/mol. The van der Waals surface area contributed by atoms with E-state index in [0.29, 0.717) is 4.47 Å². The Morgan fingerprint density at radius 1 is 1.82 bits per heavy atom. The van der Waals surface area contributed by atoms with Gasteiger partial charge in [-0.05, 0) is 22.0 Å². The van der Waals surface area contributed by atoms with E-state index in [1.165, 1.54) is 12.3 Å². The van der Waals surface area contributed by atoms with E-state index in [-0.39, 0.29) is 5.76 Å². The third-order valence-corrected chi connectivity index (χ3v) is 1.75. The minimum Gasteiger partial charge on any atom is -0.479 e. The normalized spacial score (nSPS) is 12.9. The van der Waals surface area contributed by atoms with E-state index in [1.54, 1.807) is 0 Å². The number of carbonyl (C=O) groups is 1. The Morgan fingerprint density at radius 3 is 2.82 bits per heavy atom. The molecule has 1 rings (SSSR count). The Hall–Kier alpha value is -0.840. The van der Waals surface area contributed by atoms with Crippen molar-refractivity contribution in [2.24, 2.45) is 0 Å². The highest BCUT2D eigenvalue weighted by Crippen LogP contribution is 2.26. The van der Waals surface area contributed by atoms with Crippen LogP contribution in [-0.2, 0) is 4.79 Å². The summed E-state index contributed by atoms with van der Waals surface area (Å²) in [6.07, 6.45) is -0.881. The summed E-state index contributed by atoms with van der Waals surface area (Å²) < 4.78 is 17.5. The first-order valence-corrected chi connectivity index (χ1v) is 3.52. The summed E-state index contributed by atoms with van der Waals surface area (Å²) in [5, 5.41) is 8.22. The largest absolute Gasteiger partial charge is 0.479 e. The fourth-order valence-electron chi connectivity index (χ4n) is 0.598. The van der Waals surface area contributed by atoms with Crippen molar-refractivity contribution in [3.8, 4) is 0 Å². The molecule has 11 heavy (non-hydrogen) atoms. The lowest BCUT2D eigenvalue weighted by atomic mass is 10.3. The Kier molecular flexibility index (Phi) is 2.28. The molecule has 0 aromatic carbocycles. The fraction of sp³-hybridized carbons (Fsp3) is 0.167. The molecule has 0 aliphatic carbocycles. The summed E-state index contributed by atoms with van der Waals surface area (Å²) in [6, 6.07) is 1.44. The molecule has 1 heterocycles. The molecule has 0 aliphatic rings. The summed E-state index contributed by atoms with van der Waals surface area (Å²) in [5.41, 5.74) is 0. The maximum atomic E-state index is 12.6. The first-order valence-electron chi connectivity index (χ1n) is 2.72. The summed E-state index contributed by atoms with van der Waals surface area (Å²) in [7, 11) is 0. The van der Waals surface area contributed by atoms with Crippen molar-refractivity contribution in [2.45, 2.75) is 6.17 Å². The van der Waals surface area contributed by atoms with Crippen LogP contribution in [0.3, 0.4) is 0 Å². The van der Waals surface area contributed by atoms with Crippen molar-refractivity contribution >= 4 is 21.9 Å². The maximum Gasteiger partial charge on any atom is 0.346 e. The Balaban J connectivity index is 2.92. The van der Waals surface area contributed by atoms with Gasteiger partial charge in [-0.15, -0.1) is 0 Å². The number of furan rings is 1. The van der Waals surface area contributed by atoms with Crippen molar-refractivity contribution in [3.05, 3.63) is 22.6 Å². The molecule has 0 saturated carbocycles. The molecule has 0 saturated heterocycles. The summed E-state index contributed by atoms with van der Waals surface area (Å²) in [6.45, 7) is 0. The second-order valence-electron chi connectivity index (χ2n) is 1.83. The van der Waals surface area contributed by atoms with Gasteiger partial charge < -0.3 is 9.52 Å². The molecule has 60 valence electrons. The maximum absolute atomic E-state index is 12.6. The van der Waals surface area contributed by atoms with E-state index in [4.69, 9.17) is 5.11 Å². The zero-order chi connectivity index (χ0) is 8.43. The zero-order valence-electron chi connectivity index (χ0n) is 5.25. The summed E-state index contributed by atoms with van der Waals surface area (Å²) in [4.78, 5) is 10.1. The van der Waals surface area contributed by atoms with E-state index in [0.717, 1.165) is 0 Å². The van der Waals surface area contributed by atoms with Gasteiger partial charge in [0.15, 0.2) is 5.76 Å². The van der Waals surface area contributed by atoms with Gasteiger partial charge in [0.05, 0.1) is 10.7 Å². The van der Waals surface area contributed by atoms with Gasteiger partial charge in [0.2, 0.25) is 0 Å². The molecule has 0 fully saturated rings. The first kappa shape index (κ1) is 8.26. The number of carboxylic acid groups (broad SMARTS) is 1. The van der Waals surface area contributed by atoms with Gasteiger partial charge in [-0.2, -0.15) is 0 Å². The second-order valence-corrected chi connectivity index (χ2v) is 2.69. The Bertz CT molecular complexity index is 271. The number of halogens is 2. The van der Waals surface area contributed by atoms with Gasteiger partial charge in [-0.1, -0.05) is 0 Å². The van der Waals surface area contributed by atoms with Crippen molar-refractivity contribution in [2.75, 3.05) is 0 Å². The average Bonchev–Trinajstić information content (AvgIpc) is 2.33. The highest BCUT2D eigenvalue weighted by atomic mass is 79.9. The van der Waals surface area contributed by atoms with Gasteiger partial charge in [0.1, 0.15) is 0 Å². The highest BCUT2D eigenvalue weighted by molar-refractivity contribution is 9.10. The van der Waals surface area contributed by atoms with Crippen LogP contribution in [0.5, 0.6) is 0 Å². The standard InChI is InChI=1S/C6H4BrFO3/c7-3-1-2-11-5(3)4(8)6(9)10/h1-2,4H,(H,9,10). The molecule has 1 aromatic rings. The minimum absolute atomic E-state index is 0.211. The molecular weight excluding hydrogens is 219 g/mol. The fourth-order valence-corrected chi connectivity index (χ4v) is 1.00. The zero-order valence-corrected chi connectivity index (χ0v) is 6.84. The van der Waals surface area contributed by atoms with Crippen molar-refractivity contribution in [1.29, 1.82) is 0 Å². The van der Waals surface area contributed by atoms with Crippen LogP contribution >= 0.6 is 15.9 Å². The lowest BCUT2D eigenvalue weighted by Gasteiger charge is -1.97. The monoisotopic (exact) mass is 222 g/mol. The molecule has 0 aliphatic heterocycles. The van der Waals surface area contributed by atoms with E-state index >= 15 is 0 Å². The molecule has 0 spiro atoms. The number of alkyl halides is 1. The SMILES string of the molecule is O=C(O)C(F)c1occc1Br. The van der Waals surface area contributed by atoms with Gasteiger partial charge in [-0.25, -0.2) is 9.18 Å². The molecule has 3 nitrogen and oxygen atoms in total. The van der Waals surface area contributed by atoms with Gasteiger partial charge in [0, 0.05) is 0 Å². The van der Waals surface area contributed by atoms with Crippen LogP contribution in [-0.4, -0.2) is 11.1 Å². The van der Waals surface area contributed by atoms with Gasteiger partial charge in [0.25, 0.3) is 6.17 Å². The van der Waals surface area contributed by atoms with Crippen molar-refractivity contribution in [1.82, 2.24) is 0 Å². The third kappa shape index (κ3) is 1.59. The Morgan fingerprint density at radius 2 is 2.45 bits per heavy atom. The quantitative estimate of drug-likeness (QED) is 0.835. The van der Waals surface area contributed by atoms with Crippen molar-refractivity contribution < 1.29 is 18.7 Å². The van der Waals surface area contributed by atoms with Crippen LogP contribution in [0.4, 0.5) is 4.39 Å². The van der Waals surface area contributed by atoms with Crippen LogP contribution in [0.15, 0.2) is 21.2 Å². The second kappa shape index (κ2) is 3.04. The Labute approximate surface area is 69.9 Å². The molecule has 1 aromatic heterocycles. The molecule has 5 heteroatoms. The van der Waals surface area contributed by atoms with Crippen LogP contribution in [0.25, 0.3) is 0 Å². The number of hydrogen-bond donors (Lipinski definition) is 1. The number of hydrogen-bond acceptors (Lipinski definition) is 2. The first-order chi connectivity index (χ1) is 5.13. The van der Waals surface area contributed by atoms with Gasteiger partial charge >= 0.3 is 5.97 Å². The lowest BCUT2D eigenvalue weighted by Crippen LogP contribution is -2.05. The van der Waals surface area contributed by atoms with Gasteiger partial charge in [-0.3, -0.25) is 0 Å². The van der Waals surface area contributed by atoms with E-state index < -0.39 is 12.1 Å². The van der Waals surface area contributed by atoms with Crippen LogP contribution in [0, 0.1) is 0 Å². The predicted octanol–water partition coefficient (Wildman–Crippen LogP) is 2.14. The summed E-state index contributed by atoms with van der Waals surface area (Å²) in [5.74, 6) is -1.77. The molecular formula is C6H4BrFO3. The third-order valence-electron chi connectivity index (χ3n) is 1.09. The van der Waals surface area contributed by atoms with E-state index in [2.05, 4.69) is 20.3 Å². The molecule has 1 atom stereocenters. The summed E-state index contributed by atoms with van der Waals surface area (Å²) >= 11 is 2.94. The van der Waals surface area contributed by atoms with E-state index in [9.17, 15) is 9.18 Å². The smallest absolute Gasteiger partial charge is 0.346 e. The molecule has 1 N–H and O–H groups in total. The number of aliphatic carboxylic acids is 1. The molecule has 1 unspecified atom stereocenters. The van der Waals surface area contributed by atoms with Crippen LogP contribution in [0.2, 0.25) is 0 Å². The predicted molar refractivity (Wildman–Crippen MR) is 37.9 cm³/mol. The molecule has 0 radical (unpaired) electrons. The van der Waals surface area contributed by atoms with Crippen LogP contribution < -0.4 is 0 Å². The van der Waals surface area contributed by atoms with Crippen LogP contribution in [0.1, 0.15) is 11.9 Å². The molecule has 0 bridgehead atoms. The highest BCUT2D eigenvalue weighted by Gasteiger charge is 2.23. The molecule has 0 amide bonds. The lowest BCUT2D eigenvalue weighted by molar-refractivity contribution is -0.143. The minimum atomic E-state index is -2.10. The van der Waals surface area contributed by atoms with E-state index in [1.807, 2.05) is 0 Å². The number of rotatable bonds is 2. The topological polar surface area (TPSA) is 50.4 Å². The number of carboxylic acids is 1. The van der Waals surface area contributed by atoms with Crippen molar-refractivity contribution in [3.63, 3.8) is 0 Å².